The molecule has 0 bridgehead atoms. The normalized spacial score (nSPS) is 11.7. The van der Waals surface area contributed by atoms with Gasteiger partial charge in [-0.05, 0) is 43.3 Å². The van der Waals surface area contributed by atoms with E-state index in [-0.39, 0.29) is 5.82 Å². The molecule has 0 spiro atoms. The number of hydrogen-bond donors (Lipinski definition) is 2. The number of amides is 1. The van der Waals surface area contributed by atoms with Crippen LogP contribution in [0, 0.1) is 5.82 Å². The summed E-state index contributed by atoms with van der Waals surface area (Å²) in [6.45, 7) is 1.68. The number of rotatable bonds is 5. The van der Waals surface area contributed by atoms with E-state index in [9.17, 15) is 9.18 Å². The molecule has 0 aliphatic rings. The Morgan fingerprint density at radius 2 is 1.90 bits per heavy atom. The molecule has 20 heavy (non-hydrogen) atoms. The van der Waals surface area contributed by atoms with Crippen LogP contribution < -0.4 is 15.8 Å². The fourth-order valence-corrected chi connectivity index (χ4v) is 1.61. The van der Waals surface area contributed by atoms with E-state index < -0.39 is 11.9 Å². The molecule has 0 radical (unpaired) electrons. The van der Waals surface area contributed by atoms with Crippen molar-refractivity contribution in [3.05, 3.63) is 54.3 Å². The van der Waals surface area contributed by atoms with Crippen molar-refractivity contribution in [2.24, 2.45) is 5.73 Å². The number of nitrogens with two attached hydrogens (primary N) is 1. The molecular formula is C15H15FN2O2. The van der Waals surface area contributed by atoms with Gasteiger partial charge in [-0.2, -0.15) is 0 Å². The Morgan fingerprint density at radius 1 is 1.20 bits per heavy atom. The van der Waals surface area contributed by atoms with Crippen LogP contribution in [-0.2, 0) is 4.79 Å². The summed E-state index contributed by atoms with van der Waals surface area (Å²) in [5.74, 6) is 0.227. The summed E-state index contributed by atoms with van der Waals surface area (Å²) < 4.78 is 18.5. The van der Waals surface area contributed by atoms with Crippen LogP contribution >= 0.6 is 0 Å². The highest BCUT2D eigenvalue weighted by Crippen LogP contribution is 2.23. The number of ether oxygens (including phenoxy) is 1. The van der Waals surface area contributed by atoms with E-state index in [1.165, 1.54) is 12.1 Å². The van der Waals surface area contributed by atoms with Gasteiger partial charge in [-0.25, -0.2) is 4.39 Å². The number of carbonyl (C=O) groups is 1. The van der Waals surface area contributed by atoms with Crippen LogP contribution in [0.4, 0.5) is 10.1 Å². The Kier molecular flexibility index (Phi) is 4.20. The second kappa shape index (κ2) is 6.06. The Hall–Kier alpha value is -2.56. The van der Waals surface area contributed by atoms with Crippen molar-refractivity contribution < 1.29 is 13.9 Å². The number of benzene rings is 2. The molecule has 5 heteroatoms. The lowest BCUT2D eigenvalue weighted by Crippen LogP contribution is -2.32. The van der Waals surface area contributed by atoms with Crippen molar-refractivity contribution in [2.75, 3.05) is 5.32 Å². The molecule has 0 saturated carbocycles. The second-order valence-corrected chi connectivity index (χ2v) is 4.35. The number of hydrogen-bond acceptors (Lipinski definition) is 3. The van der Waals surface area contributed by atoms with Crippen molar-refractivity contribution in [3.8, 4) is 11.5 Å². The van der Waals surface area contributed by atoms with Crippen LogP contribution in [0.25, 0.3) is 0 Å². The van der Waals surface area contributed by atoms with E-state index in [0.717, 1.165) is 5.69 Å². The zero-order valence-electron chi connectivity index (χ0n) is 11.0. The van der Waals surface area contributed by atoms with Crippen molar-refractivity contribution >= 4 is 11.6 Å². The predicted molar refractivity (Wildman–Crippen MR) is 75.2 cm³/mol. The Balaban J connectivity index is 2.03. The van der Waals surface area contributed by atoms with Gasteiger partial charge in [0.25, 0.3) is 0 Å². The Bertz CT molecular complexity index is 599. The summed E-state index contributed by atoms with van der Waals surface area (Å²) in [6.07, 6.45) is 0. The van der Waals surface area contributed by atoms with Gasteiger partial charge in [-0.1, -0.05) is 6.07 Å². The first kappa shape index (κ1) is 13.9. The minimum Gasteiger partial charge on any atom is -0.457 e. The van der Waals surface area contributed by atoms with Crippen LogP contribution in [0.15, 0.2) is 48.5 Å². The van der Waals surface area contributed by atoms with Gasteiger partial charge in [-0.15, -0.1) is 0 Å². The molecule has 0 saturated heterocycles. The monoisotopic (exact) mass is 274 g/mol. The van der Waals surface area contributed by atoms with Gasteiger partial charge in [0, 0.05) is 11.8 Å². The molecule has 104 valence electrons. The highest BCUT2D eigenvalue weighted by Gasteiger charge is 2.07. The SMILES string of the molecule is C[C@H](Nc1ccc(Oc2cccc(F)c2)cc1)C(N)=O. The fourth-order valence-electron chi connectivity index (χ4n) is 1.61. The molecule has 1 atom stereocenters. The van der Waals surface area contributed by atoms with Crippen molar-refractivity contribution in [1.29, 1.82) is 0 Å². The second-order valence-electron chi connectivity index (χ2n) is 4.35. The van der Waals surface area contributed by atoms with Gasteiger partial charge >= 0.3 is 0 Å². The third-order valence-corrected chi connectivity index (χ3v) is 2.70. The standard InChI is InChI=1S/C15H15FN2O2/c1-10(15(17)19)18-12-5-7-13(8-6-12)20-14-4-2-3-11(16)9-14/h2-10,18H,1H3,(H2,17,19)/t10-/m0/s1. The molecule has 0 unspecified atom stereocenters. The number of nitrogens with one attached hydrogen (secondary N) is 1. The van der Waals surface area contributed by atoms with E-state index in [0.29, 0.717) is 11.5 Å². The van der Waals surface area contributed by atoms with Crippen LogP contribution in [0.3, 0.4) is 0 Å². The van der Waals surface area contributed by atoms with Crippen molar-refractivity contribution in [3.63, 3.8) is 0 Å². The van der Waals surface area contributed by atoms with Crippen LogP contribution in [0.5, 0.6) is 11.5 Å². The maximum atomic E-state index is 13.0. The van der Waals surface area contributed by atoms with Gasteiger partial charge < -0.3 is 15.8 Å². The predicted octanol–water partition coefficient (Wildman–Crippen LogP) is 2.90. The number of anilines is 1. The van der Waals surface area contributed by atoms with Gasteiger partial charge in [0.05, 0.1) is 0 Å². The molecule has 0 aliphatic heterocycles. The largest absolute Gasteiger partial charge is 0.457 e. The number of carbonyl (C=O) groups excluding carboxylic acids is 1. The first-order chi connectivity index (χ1) is 9.54. The molecule has 0 aliphatic carbocycles. The number of halogens is 1. The van der Waals surface area contributed by atoms with E-state index in [1.54, 1.807) is 43.3 Å². The molecule has 3 N–H and O–H groups in total. The average molecular weight is 274 g/mol. The fraction of sp³-hybridized carbons (Fsp3) is 0.133. The molecule has 0 heterocycles. The maximum Gasteiger partial charge on any atom is 0.239 e. The lowest BCUT2D eigenvalue weighted by Gasteiger charge is -2.12. The van der Waals surface area contributed by atoms with E-state index in [4.69, 9.17) is 10.5 Å². The summed E-state index contributed by atoms with van der Waals surface area (Å²) in [4.78, 5) is 10.9. The topological polar surface area (TPSA) is 64.3 Å². The van der Waals surface area contributed by atoms with Crippen LogP contribution in [0.2, 0.25) is 0 Å². The summed E-state index contributed by atoms with van der Waals surface area (Å²) >= 11 is 0. The zero-order chi connectivity index (χ0) is 14.5. The van der Waals surface area contributed by atoms with E-state index >= 15 is 0 Å². The van der Waals surface area contributed by atoms with Crippen molar-refractivity contribution in [1.82, 2.24) is 0 Å². The summed E-state index contributed by atoms with van der Waals surface area (Å²) in [5, 5.41) is 2.95. The van der Waals surface area contributed by atoms with E-state index in [1.807, 2.05) is 0 Å². The minimum atomic E-state index is -0.454. The first-order valence-electron chi connectivity index (χ1n) is 6.14. The molecule has 2 aromatic carbocycles. The maximum absolute atomic E-state index is 13.0. The molecule has 1 amide bonds. The Morgan fingerprint density at radius 3 is 2.50 bits per heavy atom. The van der Waals surface area contributed by atoms with Gasteiger partial charge in [-0.3, -0.25) is 4.79 Å². The molecule has 4 nitrogen and oxygen atoms in total. The van der Waals surface area contributed by atoms with Crippen LogP contribution in [0.1, 0.15) is 6.92 Å². The lowest BCUT2D eigenvalue weighted by molar-refractivity contribution is -0.118. The average Bonchev–Trinajstić information content (AvgIpc) is 2.41. The summed E-state index contributed by atoms with van der Waals surface area (Å²) in [5.41, 5.74) is 5.92. The molecular weight excluding hydrogens is 259 g/mol. The third-order valence-electron chi connectivity index (χ3n) is 2.70. The van der Waals surface area contributed by atoms with Gasteiger partial charge in [0.2, 0.25) is 5.91 Å². The molecule has 2 rings (SSSR count). The molecule has 0 aromatic heterocycles. The van der Waals surface area contributed by atoms with Crippen molar-refractivity contribution in [2.45, 2.75) is 13.0 Å². The highest BCUT2D eigenvalue weighted by molar-refractivity contribution is 5.82. The minimum absolute atomic E-state index is 0.351. The lowest BCUT2D eigenvalue weighted by atomic mass is 10.2. The van der Waals surface area contributed by atoms with Gasteiger partial charge in [0.15, 0.2) is 0 Å². The summed E-state index contributed by atoms with van der Waals surface area (Å²) in [6, 6.07) is 12.4. The summed E-state index contributed by atoms with van der Waals surface area (Å²) in [7, 11) is 0. The quantitative estimate of drug-likeness (QED) is 0.881. The van der Waals surface area contributed by atoms with E-state index in [2.05, 4.69) is 5.32 Å². The smallest absolute Gasteiger partial charge is 0.239 e. The van der Waals surface area contributed by atoms with Gasteiger partial charge in [0.1, 0.15) is 23.4 Å². The van der Waals surface area contributed by atoms with Crippen LogP contribution in [-0.4, -0.2) is 11.9 Å². The first-order valence-corrected chi connectivity index (χ1v) is 6.14. The number of primary amides is 1. The highest BCUT2D eigenvalue weighted by atomic mass is 19.1. The third kappa shape index (κ3) is 3.71. The zero-order valence-corrected chi connectivity index (χ0v) is 11.0. The molecule has 0 fully saturated rings. The molecule has 2 aromatic rings. The Labute approximate surface area is 116 Å².